The molecular formula is C22H23N3O4. The van der Waals surface area contributed by atoms with Crippen molar-refractivity contribution in [3.63, 3.8) is 0 Å². The Bertz CT molecular complexity index is 971. The van der Waals surface area contributed by atoms with Crippen LogP contribution in [0, 0.1) is 0 Å². The first-order valence-corrected chi connectivity index (χ1v) is 9.65. The fourth-order valence-corrected chi connectivity index (χ4v) is 3.98. The van der Waals surface area contributed by atoms with Gasteiger partial charge in [0, 0.05) is 25.3 Å². The van der Waals surface area contributed by atoms with Gasteiger partial charge in [-0.25, -0.2) is 4.79 Å². The quantitative estimate of drug-likeness (QED) is 0.810. The Balaban J connectivity index is 1.45. The highest BCUT2D eigenvalue weighted by molar-refractivity contribution is 6.21. The zero-order chi connectivity index (χ0) is 20.5. The van der Waals surface area contributed by atoms with Crippen molar-refractivity contribution in [2.24, 2.45) is 0 Å². The molecule has 0 aromatic heterocycles. The number of carbonyl (C=O) groups excluding carboxylic acids is 3. The number of fused-ring (bicyclic) bond motifs is 1. The number of ether oxygens (including phenoxy) is 1. The van der Waals surface area contributed by atoms with Crippen LogP contribution in [0.5, 0.6) is 5.75 Å². The van der Waals surface area contributed by atoms with Gasteiger partial charge in [-0.15, -0.1) is 0 Å². The van der Waals surface area contributed by atoms with Crippen LogP contribution in [0.15, 0.2) is 42.5 Å². The number of nitrogens with zero attached hydrogens (tertiary/aromatic N) is 2. The molecule has 4 amide bonds. The molecule has 2 aliphatic rings. The summed E-state index contributed by atoms with van der Waals surface area (Å²) in [4.78, 5) is 40.0. The average Bonchev–Trinajstić information content (AvgIpc) is 3.28. The molecule has 0 unspecified atom stereocenters. The predicted octanol–water partition coefficient (Wildman–Crippen LogP) is 3.16. The van der Waals surface area contributed by atoms with E-state index in [0.29, 0.717) is 23.4 Å². The van der Waals surface area contributed by atoms with Gasteiger partial charge in [-0.3, -0.25) is 14.5 Å². The van der Waals surface area contributed by atoms with E-state index in [0.717, 1.165) is 35.5 Å². The number of benzene rings is 2. The Labute approximate surface area is 169 Å². The van der Waals surface area contributed by atoms with Gasteiger partial charge in [0.15, 0.2) is 0 Å². The number of hydrogen-bond donors (Lipinski definition) is 1. The van der Waals surface area contributed by atoms with E-state index in [1.165, 1.54) is 7.05 Å². The molecule has 2 aromatic rings. The Hall–Kier alpha value is -3.35. The van der Waals surface area contributed by atoms with E-state index < -0.39 is 0 Å². The van der Waals surface area contributed by atoms with Gasteiger partial charge in [0.25, 0.3) is 11.8 Å². The van der Waals surface area contributed by atoms with Crippen LogP contribution in [0.4, 0.5) is 10.5 Å². The molecule has 150 valence electrons. The molecule has 2 aliphatic heterocycles. The molecule has 1 fully saturated rings. The second kappa shape index (κ2) is 7.58. The molecule has 1 N–H and O–H groups in total. The van der Waals surface area contributed by atoms with Gasteiger partial charge < -0.3 is 15.0 Å². The van der Waals surface area contributed by atoms with Gasteiger partial charge in [-0.2, -0.15) is 0 Å². The van der Waals surface area contributed by atoms with Gasteiger partial charge in [0.1, 0.15) is 5.75 Å². The molecule has 29 heavy (non-hydrogen) atoms. The van der Waals surface area contributed by atoms with Crippen molar-refractivity contribution in [1.29, 1.82) is 0 Å². The van der Waals surface area contributed by atoms with Crippen LogP contribution in [-0.2, 0) is 6.42 Å². The summed E-state index contributed by atoms with van der Waals surface area (Å²) in [5.74, 6) is 0.145. The van der Waals surface area contributed by atoms with Gasteiger partial charge in [-0.05, 0) is 55.2 Å². The first-order valence-electron chi connectivity index (χ1n) is 9.65. The lowest BCUT2D eigenvalue weighted by atomic mass is 10.0. The van der Waals surface area contributed by atoms with Gasteiger partial charge >= 0.3 is 6.03 Å². The Kier molecular flexibility index (Phi) is 4.96. The van der Waals surface area contributed by atoms with E-state index in [-0.39, 0.29) is 23.9 Å². The summed E-state index contributed by atoms with van der Waals surface area (Å²) in [5.41, 5.74) is 2.36. The lowest BCUT2D eigenvalue weighted by Crippen LogP contribution is -2.39. The lowest BCUT2D eigenvalue weighted by Gasteiger charge is -2.25. The molecule has 0 bridgehead atoms. The smallest absolute Gasteiger partial charge is 0.322 e. The van der Waals surface area contributed by atoms with Crippen molar-refractivity contribution in [3.8, 4) is 5.75 Å². The van der Waals surface area contributed by atoms with Crippen LogP contribution in [-0.4, -0.2) is 54.4 Å². The Morgan fingerprint density at radius 2 is 1.83 bits per heavy atom. The molecule has 0 saturated carbocycles. The maximum atomic E-state index is 12.9. The predicted molar refractivity (Wildman–Crippen MR) is 108 cm³/mol. The number of methoxy groups -OCH3 is 1. The third-order valence-electron chi connectivity index (χ3n) is 5.61. The molecule has 1 atom stereocenters. The molecule has 0 aliphatic carbocycles. The zero-order valence-electron chi connectivity index (χ0n) is 16.5. The molecule has 7 nitrogen and oxygen atoms in total. The summed E-state index contributed by atoms with van der Waals surface area (Å²) in [7, 11) is 3.09. The topological polar surface area (TPSA) is 79.0 Å². The number of carbonyl (C=O) groups is 3. The Morgan fingerprint density at radius 3 is 2.55 bits per heavy atom. The SMILES string of the molecule is COc1ccc(C[C@H]2CCCN2C(=O)Nc2ccc3c(c2)C(=O)N(C)C3=O)cc1. The number of amides is 4. The van der Waals surface area contributed by atoms with Crippen molar-refractivity contribution in [2.45, 2.75) is 25.3 Å². The summed E-state index contributed by atoms with van der Waals surface area (Å²) >= 11 is 0. The standard InChI is InChI=1S/C22H23N3O4/c1-24-20(26)18-10-7-15(13-19(18)21(24)27)23-22(28)25-11-3-4-16(25)12-14-5-8-17(29-2)9-6-14/h5-10,13,16H,3-4,11-12H2,1-2H3,(H,23,28)/t16-/m1/s1. The van der Waals surface area contributed by atoms with Crippen LogP contribution < -0.4 is 10.1 Å². The van der Waals surface area contributed by atoms with Crippen molar-refractivity contribution in [1.82, 2.24) is 9.80 Å². The van der Waals surface area contributed by atoms with Crippen LogP contribution in [0.25, 0.3) is 0 Å². The summed E-state index contributed by atoms with van der Waals surface area (Å²) in [5, 5.41) is 2.88. The minimum Gasteiger partial charge on any atom is -0.497 e. The fourth-order valence-electron chi connectivity index (χ4n) is 3.98. The first kappa shape index (κ1) is 19.0. The van der Waals surface area contributed by atoms with E-state index in [1.807, 2.05) is 29.2 Å². The lowest BCUT2D eigenvalue weighted by molar-refractivity contribution is 0.0693. The maximum Gasteiger partial charge on any atom is 0.322 e. The molecule has 7 heteroatoms. The second-order valence-corrected chi connectivity index (χ2v) is 7.40. The van der Waals surface area contributed by atoms with Crippen molar-refractivity contribution >= 4 is 23.5 Å². The minimum atomic E-state index is -0.348. The van der Waals surface area contributed by atoms with Crippen LogP contribution in [0.2, 0.25) is 0 Å². The summed E-state index contributed by atoms with van der Waals surface area (Å²) < 4.78 is 5.19. The van der Waals surface area contributed by atoms with E-state index in [4.69, 9.17) is 4.74 Å². The largest absolute Gasteiger partial charge is 0.497 e. The van der Waals surface area contributed by atoms with E-state index in [2.05, 4.69) is 5.32 Å². The Morgan fingerprint density at radius 1 is 1.10 bits per heavy atom. The third kappa shape index (κ3) is 3.55. The van der Waals surface area contributed by atoms with Crippen molar-refractivity contribution in [2.75, 3.05) is 26.0 Å². The molecule has 2 heterocycles. The fraction of sp³-hybridized carbons (Fsp3) is 0.318. The summed E-state index contributed by atoms with van der Waals surface area (Å²) in [6.45, 7) is 0.692. The average molecular weight is 393 g/mol. The van der Waals surface area contributed by atoms with E-state index >= 15 is 0 Å². The van der Waals surface area contributed by atoms with Crippen LogP contribution >= 0.6 is 0 Å². The number of urea groups is 1. The number of nitrogens with one attached hydrogen (secondary N) is 1. The zero-order valence-corrected chi connectivity index (χ0v) is 16.5. The van der Waals surface area contributed by atoms with Gasteiger partial charge in [0.2, 0.25) is 0 Å². The van der Waals surface area contributed by atoms with E-state index in [1.54, 1.807) is 25.3 Å². The van der Waals surface area contributed by atoms with Crippen molar-refractivity contribution in [3.05, 3.63) is 59.2 Å². The molecule has 4 rings (SSSR count). The summed E-state index contributed by atoms with van der Waals surface area (Å²) in [6, 6.07) is 12.6. The highest BCUT2D eigenvalue weighted by atomic mass is 16.5. The number of likely N-dealkylation sites (tertiary alicyclic amines) is 1. The summed E-state index contributed by atoms with van der Waals surface area (Å²) in [6.07, 6.45) is 2.68. The highest BCUT2D eigenvalue weighted by Gasteiger charge is 2.33. The normalized spacial score (nSPS) is 18.2. The highest BCUT2D eigenvalue weighted by Crippen LogP contribution is 2.27. The van der Waals surface area contributed by atoms with E-state index in [9.17, 15) is 14.4 Å². The molecular weight excluding hydrogens is 370 g/mol. The molecule has 0 radical (unpaired) electrons. The first-order chi connectivity index (χ1) is 14.0. The third-order valence-corrected chi connectivity index (χ3v) is 5.61. The maximum absolute atomic E-state index is 12.9. The number of imide groups is 1. The van der Waals surface area contributed by atoms with Crippen LogP contribution in [0.1, 0.15) is 39.1 Å². The molecule has 1 saturated heterocycles. The van der Waals surface area contributed by atoms with Crippen LogP contribution in [0.3, 0.4) is 0 Å². The number of hydrogen-bond acceptors (Lipinski definition) is 4. The molecule has 0 spiro atoms. The number of rotatable bonds is 4. The van der Waals surface area contributed by atoms with Gasteiger partial charge in [0.05, 0.1) is 18.2 Å². The minimum absolute atomic E-state index is 0.118. The van der Waals surface area contributed by atoms with Gasteiger partial charge in [-0.1, -0.05) is 12.1 Å². The second-order valence-electron chi connectivity index (χ2n) is 7.40. The number of anilines is 1. The van der Waals surface area contributed by atoms with Crippen molar-refractivity contribution < 1.29 is 19.1 Å². The monoisotopic (exact) mass is 393 g/mol. The molecule has 2 aromatic carbocycles.